The van der Waals surface area contributed by atoms with Crippen molar-refractivity contribution in [3.63, 3.8) is 0 Å². The maximum Gasteiger partial charge on any atom is -0.00946 e. The first-order chi connectivity index (χ1) is 7.92. The monoisotopic (exact) mass is 212 g/mol. The average molecular weight is 212 g/mol. The van der Waals surface area contributed by atoms with Crippen molar-refractivity contribution in [3.05, 3.63) is 54.1 Å². The second-order valence-electron chi connectivity index (χ2n) is 4.50. The van der Waals surface area contributed by atoms with Crippen molar-refractivity contribution in [2.24, 2.45) is 0 Å². The van der Waals surface area contributed by atoms with Gasteiger partial charge in [0, 0.05) is 0 Å². The summed E-state index contributed by atoms with van der Waals surface area (Å²) in [6, 6.07) is 10.8. The summed E-state index contributed by atoms with van der Waals surface area (Å²) in [7, 11) is 0. The Labute approximate surface area is 98.7 Å². The molecule has 16 heavy (non-hydrogen) atoms. The molecule has 1 aromatic rings. The SMILES string of the molecule is C=CCC(=C1CCCCC1)c1ccccc1. The van der Waals surface area contributed by atoms with Crippen LogP contribution in [0.25, 0.3) is 5.57 Å². The zero-order valence-electron chi connectivity index (χ0n) is 9.91. The molecule has 1 aromatic carbocycles. The van der Waals surface area contributed by atoms with Crippen molar-refractivity contribution in [3.8, 4) is 0 Å². The Kier molecular flexibility index (Phi) is 3.98. The summed E-state index contributed by atoms with van der Waals surface area (Å²) >= 11 is 0. The lowest BCUT2D eigenvalue weighted by molar-refractivity contribution is 0.600. The van der Waals surface area contributed by atoms with Gasteiger partial charge in [-0.2, -0.15) is 0 Å². The Morgan fingerprint density at radius 2 is 1.75 bits per heavy atom. The minimum absolute atomic E-state index is 1.01. The fourth-order valence-corrected chi connectivity index (χ4v) is 2.53. The topological polar surface area (TPSA) is 0 Å². The highest BCUT2D eigenvalue weighted by Gasteiger charge is 2.11. The molecule has 0 saturated heterocycles. The van der Waals surface area contributed by atoms with Gasteiger partial charge in [0.15, 0.2) is 0 Å². The Morgan fingerprint density at radius 1 is 1.06 bits per heavy atom. The number of hydrogen-bond donors (Lipinski definition) is 0. The molecule has 0 unspecified atom stereocenters. The van der Waals surface area contributed by atoms with Gasteiger partial charge in [0.1, 0.15) is 0 Å². The quantitative estimate of drug-likeness (QED) is 0.620. The van der Waals surface area contributed by atoms with E-state index in [1.165, 1.54) is 43.2 Å². The van der Waals surface area contributed by atoms with E-state index in [-0.39, 0.29) is 0 Å². The third-order valence-corrected chi connectivity index (χ3v) is 3.35. The maximum absolute atomic E-state index is 3.89. The Morgan fingerprint density at radius 3 is 2.38 bits per heavy atom. The number of benzene rings is 1. The van der Waals surface area contributed by atoms with Crippen LogP contribution in [-0.2, 0) is 0 Å². The van der Waals surface area contributed by atoms with E-state index >= 15 is 0 Å². The molecule has 1 saturated carbocycles. The molecule has 0 aliphatic heterocycles. The molecule has 0 N–H and O–H groups in total. The van der Waals surface area contributed by atoms with Crippen LogP contribution in [0, 0.1) is 0 Å². The second kappa shape index (κ2) is 5.69. The molecule has 84 valence electrons. The van der Waals surface area contributed by atoms with Crippen LogP contribution in [0.2, 0.25) is 0 Å². The number of allylic oxidation sites excluding steroid dienone is 3. The number of rotatable bonds is 3. The zero-order valence-corrected chi connectivity index (χ0v) is 9.91. The van der Waals surface area contributed by atoms with Gasteiger partial charge in [0.25, 0.3) is 0 Å². The lowest BCUT2D eigenvalue weighted by atomic mass is 9.87. The summed E-state index contributed by atoms with van der Waals surface area (Å²) in [6.07, 6.45) is 9.75. The van der Waals surface area contributed by atoms with Crippen LogP contribution in [0.1, 0.15) is 44.1 Å². The van der Waals surface area contributed by atoms with E-state index in [4.69, 9.17) is 0 Å². The van der Waals surface area contributed by atoms with Crippen LogP contribution in [-0.4, -0.2) is 0 Å². The molecular formula is C16H20. The first-order valence-corrected chi connectivity index (χ1v) is 6.29. The molecule has 0 aromatic heterocycles. The van der Waals surface area contributed by atoms with Gasteiger partial charge in [0.05, 0.1) is 0 Å². The molecule has 0 heterocycles. The van der Waals surface area contributed by atoms with Crippen LogP contribution >= 0.6 is 0 Å². The highest BCUT2D eigenvalue weighted by molar-refractivity contribution is 5.69. The summed E-state index contributed by atoms with van der Waals surface area (Å²) in [5.74, 6) is 0. The summed E-state index contributed by atoms with van der Waals surface area (Å²) in [6.45, 7) is 3.89. The van der Waals surface area contributed by atoms with Gasteiger partial charge >= 0.3 is 0 Å². The van der Waals surface area contributed by atoms with Gasteiger partial charge in [-0.05, 0) is 43.2 Å². The Bertz CT molecular complexity index is 362. The van der Waals surface area contributed by atoms with Crippen molar-refractivity contribution in [2.45, 2.75) is 38.5 Å². The van der Waals surface area contributed by atoms with E-state index in [1.807, 2.05) is 6.08 Å². The lowest BCUT2D eigenvalue weighted by Gasteiger charge is -2.19. The highest BCUT2D eigenvalue weighted by atomic mass is 14.2. The third kappa shape index (κ3) is 2.63. The van der Waals surface area contributed by atoms with E-state index < -0.39 is 0 Å². The fourth-order valence-electron chi connectivity index (χ4n) is 2.53. The van der Waals surface area contributed by atoms with Gasteiger partial charge < -0.3 is 0 Å². The molecule has 0 bridgehead atoms. The molecule has 0 spiro atoms. The predicted octanol–water partition coefficient (Wildman–Crippen LogP) is 4.98. The first kappa shape index (κ1) is 11.2. The molecular weight excluding hydrogens is 192 g/mol. The van der Waals surface area contributed by atoms with Gasteiger partial charge in [-0.1, -0.05) is 48.4 Å². The molecule has 1 fully saturated rings. The predicted molar refractivity (Wildman–Crippen MR) is 71.3 cm³/mol. The minimum atomic E-state index is 1.01. The number of hydrogen-bond acceptors (Lipinski definition) is 0. The lowest BCUT2D eigenvalue weighted by Crippen LogP contribution is -1.98. The van der Waals surface area contributed by atoms with Crippen molar-refractivity contribution in [1.82, 2.24) is 0 Å². The summed E-state index contributed by atoms with van der Waals surface area (Å²) in [4.78, 5) is 0. The van der Waals surface area contributed by atoms with E-state index in [2.05, 4.69) is 36.9 Å². The molecule has 0 atom stereocenters. The molecule has 1 aliphatic carbocycles. The summed E-state index contributed by atoms with van der Waals surface area (Å²) < 4.78 is 0. The highest BCUT2D eigenvalue weighted by Crippen LogP contribution is 2.32. The van der Waals surface area contributed by atoms with E-state index in [9.17, 15) is 0 Å². The van der Waals surface area contributed by atoms with Crippen molar-refractivity contribution in [1.29, 1.82) is 0 Å². The van der Waals surface area contributed by atoms with E-state index in [1.54, 1.807) is 5.57 Å². The summed E-state index contributed by atoms with van der Waals surface area (Å²) in [5, 5.41) is 0. The van der Waals surface area contributed by atoms with Gasteiger partial charge in [-0.15, -0.1) is 6.58 Å². The van der Waals surface area contributed by atoms with Crippen molar-refractivity contribution < 1.29 is 0 Å². The van der Waals surface area contributed by atoms with Crippen LogP contribution in [0.5, 0.6) is 0 Å². The van der Waals surface area contributed by atoms with Crippen LogP contribution in [0.15, 0.2) is 48.6 Å². The molecule has 0 amide bonds. The average Bonchev–Trinajstić information content (AvgIpc) is 2.38. The normalized spacial score (nSPS) is 15.9. The molecule has 0 heteroatoms. The summed E-state index contributed by atoms with van der Waals surface area (Å²) in [5.41, 5.74) is 4.58. The van der Waals surface area contributed by atoms with E-state index in [0.29, 0.717) is 0 Å². The van der Waals surface area contributed by atoms with Crippen molar-refractivity contribution >= 4 is 5.57 Å². The van der Waals surface area contributed by atoms with Crippen LogP contribution in [0.3, 0.4) is 0 Å². The Hall–Kier alpha value is -1.30. The first-order valence-electron chi connectivity index (χ1n) is 6.29. The smallest absolute Gasteiger partial charge is 0.00946 e. The second-order valence-corrected chi connectivity index (χ2v) is 4.50. The Balaban J connectivity index is 2.32. The van der Waals surface area contributed by atoms with Crippen LogP contribution < -0.4 is 0 Å². The molecule has 0 radical (unpaired) electrons. The zero-order chi connectivity index (χ0) is 11.2. The van der Waals surface area contributed by atoms with Gasteiger partial charge in [-0.3, -0.25) is 0 Å². The molecule has 2 rings (SSSR count). The largest absolute Gasteiger partial charge is 0.103 e. The third-order valence-electron chi connectivity index (χ3n) is 3.35. The van der Waals surface area contributed by atoms with Crippen molar-refractivity contribution in [2.75, 3.05) is 0 Å². The maximum atomic E-state index is 3.89. The van der Waals surface area contributed by atoms with E-state index in [0.717, 1.165) is 6.42 Å². The van der Waals surface area contributed by atoms with Gasteiger partial charge in [-0.25, -0.2) is 0 Å². The minimum Gasteiger partial charge on any atom is -0.103 e. The fraction of sp³-hybridized carbons (Fsp3) is 0.375. The molecule has 1 aliphatic rings. The standard InChI is InChI=1S/C16H20/c1-2-9-16(14-10-5-3-6-11-14)15-12-7-4-8-13-15/h2-3,5-6,10-11H,1,4,7-9,12-13H2. The molecule has 0 nitrogen and oxygen atoms in total. The van der Waals surface area contributed by atoms with Crippen LogP contribution in [0.4, 0.5) is 0 Å². The van der Waals surface area contributed by atoms with Gasteiger partial charge in [0.2, 0.25) is 0 Å².